The standard InChI is InChI=1S/C19H23N5O6/c1-28-10-11-30-17-13-15(24(26)27)14(12-16(17)29-2)18(25)22-6-8-23(9-7-22)19-20-4-3-5-21-19/h3-5,12-13H,6-11H2,1-2H3. The zero-order valence-corrected chi connectivity index (χ0v) is 16.8. The van der Waals surface area contributed by atoms with Crippen molar-refractivity contribution in [3.8, 4) is 11.5 Å². The summed E-state index contributed by atoms with van der Waals surface area (Å²) in [6.07, 6.45) is 3.32. The molecule has 0 radical (unpaired) electrons. The van der Waals surface area contributed by atoms with Crippen LogP contribution in [0.5, 0.6) is 11.5 Å². The van der Waals surface area contributed by atoms with Gasteiger partial charge in [0.1, 0.15) is 12.2 Å². The number of benzene rings is 1. The van der Waals surface area contributed by atoms with Crippen LogP contribution in [0.4, 0.5) is 11.6 Å². The van der Waals surface area contributed by atoms with Crippen molar-refractivity contribution in [2.45, 2.75) is 0 Å². The van der Waals surface area contributed by atoms with E-state index in [1.807, 2.05) is 4.90 Å². The molecule has 0 atom stereocenters. The summed E-state index contributed by atoms with van der Waals surface area (Å²) in [4.78, 5) is 36.1. The van der Waals surface area contributed by atoms with Crippen molar-refractivity contribution in [2.75, 3.05) is 58.5 Å². The Kier molecular flexibility index (Phi) is 6.96. The maximum Gasteiger partial charge on any atom is 0.286 e. The summed E-state index contributed by atoms with van der Waals surface area (Å²) in [5, 5.41) is 11.6. The average molecular weight is 417 g/mol. The molecule has 3 rings (SSSR count). The Morgan fingerprint density at radius 1 is 1.10 bits per heavy atom. The lowest BCUT2D eigenvalue weighted by molar-refractivity contribution is -0.385. The van der Waals surface area contributed by atoms with E-state index in [0.29, 0.717) is 38.7 Å². The molecule has 0 aliphatic carbocycles. The van der Waals surface area contributed by atoms with Gasteiger partial charge >= 0.3 is 0 Å². The third-order valence-corrected chi connectivity index (χ3v) is 4.66. The quantitative estimate of drug-likeness (QED) is 0.356. The molecule has 0 unspecified atom stereocenters. The molecule has 1 saturated heterocycles. The smallest absolute Gasteiger partial charge is 0.286 e. The lowest BCUT2D eigenvalue weighted by atomic mass is 10.1. The fourth-order valence-corrected chi connectivity index (χ4v) is 3.11. The number of carbonyl (C=O) groups excluding carboxylic acids is 1. The van der Waals surface area contributed by atoms with E-state index in [-0.39, 0.29) is 29.4 Å². The van der Waals surface area contributed by atoms with E-state index in [4.69, 9.17) is 14.2 Å². The molecule has 1 aromatic heterocycles. The number of nitro groups is 1. The monoisotopic (exact) mass is 417 g/mol. The molecule has 0 spiro atoms. The van der Waals surface area contributed by atoms with E-state index in [9.17, 15) is 14.9 Å². The number of hydrogen-bond acceptors (Lipinski definition) is 9. The molecular weight excluding hydrogens is 394 g/mol. The van der Waals surface area contributed by atoms with Gasteiger partial charge in [-0.3, -0.25) is 14.9 Å². The molecule has 1 fully saturated rings. The van der Waals surface area contributed by atoms with Gasteiger partial charge in [0.05, 0.1) is 24.7 Å². The number of piperazine rings is 1. The Morgan fingerprint density at radius 2 is 1.80 bits per heavy atom. The Labute approximate surface area is 173 Å². The Hall–Kier alpha value is -3.47. The van der Waals surface area contributed by atoms with Crippen molar-refractivity contribution in [3.05, 3.63) is 46.3 Å². The number of nitro benzene ring substituents is 1. The summed E-state index contributed by atoms with van der Waals surface area (Å²) < 4.78 is 15.7. The van der Waals surface area contributed by atoms with Gasteiger partial charge in [-0.1, -0.05) is 0 Å². The van der Waals surface area contributed by atoms with Gasteiger partial charge in [-0.15, -0.1) is 0 Å². The fourth-order valence-electron chi connectivity index (χ4n) is 3.11. The minimum absolute atomic E-state index is 0.0413. The van der Waals surface area contributed by atoms with Crippen molar-refractivity contribution in [3.63, 3.8) is 0 Å². The molecule has 0 bridgehead atoms. The van der Waals surface area contributed by atoms with Crippen molar-refractivity contribution in [1.29, 1.82) is 0 Å². The number of ether oxygens (including phenoxy) is 3. The second kappa shape index (κ2) is 9.83. The third kappa shape index (κ3) is 4.74. The second-order valence-electron chi connectivity index (χ2n) is 6.45. The predicted molar refractivity (Wildman–Crippen MR) is 107 cm³/mol. The van der Waals surface area contributed by atoms with Crippen LogP contribution in [0.3, 0.4) is 0 Å². The summed E-state index contributed by atoms with van der Waals surface area (Å²) in [5.41, 5.74) is -0.373. The topological polar surface area (TPSA) is 120 Å². The van der Waals surface area contributed by atoms with Crippen LogP contribution in [-0.4, -0.2) is 79.3 Å². The molecule has 0 saturated carbocycles. The molecule has 11 nitrogen and oxygen atoms in total. The predicted octanol–water partition coefficient (Wildman–Crippen LogP) is 1.38. The number of amides is 1. The zero-order chi connectivity index (χ0) is 21.5. The Morgan fingerprint density at radius 3 is 2.40 bits per heavy atom. The first-order valence-corrected chi connectivity index (χ1v) is 9.34. The molecule has 2 heterocycles. The highest BCUT2D eigenvalue weighted by Gasteiger charge is 2.30. The highest BCUT2D eigenvalue weighted by atomic mass is 16.6. The molecule has 0 N–H and O–H groups in total. The lowest BCUT2D eigenvalue weighted by Crippen LogP contribution is -2.49. The molecule has 1 aliphatic heterocycles. The van der Waals surface area contributed by atoms with E-state index < -0.39 is 10.8 Å². The summed E-state index contributed by atoms with van der Waals surface area (Å²) in [6.45, 7) is 2.34. The zero-order valence-electron chi connectivity index (χ0n) is 16.8. The number of hydrogen-bond donors (Lipinski definition) is 0. The van der Waals surface area contributed by atoms with Gasteiger partial charge in [0.25, 0.3) is 11.6 Å². The number of aromatic nitrogens is 2. The van der Waals surface area contributed by atoms with Crippen molar-refractivity contribution in [1.82, 2.24) is 14.9 Å². The molecule has 1 aliphatic rings. The average Bonchev–Trinajstić information content (AvgIpc) is 2.79. The number of carbonyl (C=O) groups is 1. The SMILES string of the molecule is COCCOc1cc([N+](=O)[O-])c(C(=O)N2CCN(c3ncccn3)CC2)cc1OC. The van der Waals surface area contributed by atoms with Crippen LogP contribution in [0, 0.1) is 10.1 Å². The molecule has 1 amide bonds. The molecule has 1 aromatic carbocycles. The van der Waals surface area contributed by atoms with Crippen LogP contribution in [0.2, 0.25) is 0 Å². The Balaban J connectivity index is 1.78. The van der Waals surface area contributed by atoms with Crippen LogP contribution in [0.15, 0.2) is 30.6 Å². The van der Waals surface area contributed by atoms with Gasteiger partial charge < -0.3 is 24.0 Å². The van der Waals surface area contributed by atoms with Crippen LogP contribution in [0.1, 0.15) is 10.4 Å². The van der Waals surface area contributed by atoms with Crippen LogP contribution in [0.25, 0.3) is 0 Å². The third-order valence-electron chi connectivity index (χ3n) is 4.66. The summed E-state index contributed by atoms with van der Waals surface area (Å²) in [7, 11) is 2.94. The van der Waals surface area contributed by atoms with E-state index >= 15 is 0 Å². The minimum Gasteiger partial charge on any atom is -0.493 e. The van der Waals surface area contributed by atoms with Crippen LogP contribution in [-0.2, 0) is 4.74 Å². The van der Waals surface area contributed by atoms with Crippen molar-refractivity contribution >= 4 is 17.5 Å². The van der Waals surface area contributed by atoms with Gasteiger partial charge in [-0.2, -0.15) is 0 Å². The van der Waals surface area contributed by atoms with Gasteiger partial charge in [-0.05, 0) is 6.07 Å². The van der Waals surface area contributed by atoms with Crippen molar-refractivity contribution in [2.24, 2.45) is 0 Å². The van der Waals surface area contributed by atoms with Gasteiger partial charge in [-0.25, -0.2) is 9.97 Å². The van der Waals surface area contributed by atoms with Gasteiger partial charge in [0, 0.05) is 51.7 Å². The van der Waals surface area contributed by atoms with Gasteiger partial charge in [0.2, 0.25) is 5.95 Å². The molecule has 160 valence electrons. The molecule has 30 heavy (non-hydrogen) atoms. The van der Waals surface area contributed by atoms with Gasteiger partial charge in [0.15, 0.2) is 11.5 Å². The molecule has 11 heteroatoms. The number of methoxy groups -OCH3 is 2. The number of nitrogens with zero attached hydrogens (tertiary/aromatic N) is 5. The highest BCUT2D eigenvalue weighted by molar-refractivity contribution is 5.99. The normalized spacial score (nSPS) is 13.8. The van der Waals surface area contributed by atoms with E-state index in [1.165, 1.54) is 26.4 Å². The summed E-state index contributed by atoms with van der Waals surface area (Å²) in [5.74, 6) is 0.590. The minimum atomic E-state index is -0.593. The number of rotatable bonds is 8. The van der Waals surface area contributed by atoms with Crippen LogP contribution >= 0.6 is 0 Å². The van der Waals surface area contributed by atoms with E-state index in [1.54, 1.807) is 23.4 Å². The second-order valence-corrected chi connectivity index (χ2v) is 6.45. The molecular formula is C19H23N5O6. The maximum absolute atomic E-state index is 13.1. The lowest BCUT2D eigenvalue weighted by Gasteiger charge is -2.34. The fraction of sp³-hybridized carbons (Fsp3) is 0.421. The first-order chi connectivity index (χ1) is 14.5. The molecule has 2 aromatic rings. The summed E-state index contributed by atoms with van der Waals surface area (Å²) in [6, 6.07) is 4.31. The Bertz CT molecular complexity index is 886. The van der Waals surface area contributed by atoms with Crippen LogP contribution < -0.4 is 14.4 Å². The number of anilines is 1. The van der Waals surface area contributed by atoms with E-state index in [0.717, 1.165) is 0 Å². The maximum atomic E-state index is 13.1. The summed E-state index contributed by atoms with van der Waals surface area (Å²) >= 11 is 0. The highest BCUT2D eigenvalue weighted by Crippen LogP contribution is 2.35. The van der Waals surface area contributed by atoms with Crippen molar-refractivity contribution < 1.29 is 23.9 Å². The first kappa shape index (κ1) is 21.2. The van der Waals surface area contributed by atoms with E-state index in [2.05, 4.69) is 9.97 Å². The first-order valence-electron chi connectivity index (χ1n) is 9.34. The largest absolute Gasteiger partial charge is 0.493 e.